The van der Waals surface area contributed by atoms with Crippen molar-refractivity contribution in [2.45, 2.75) is 0 Å². The van der Waals surface area contributed by atoms with E-state index in [-0.39, 0.29) is 0 Å². The number of pyridine rings is 1. The molecule has 4 heterocycles. The molecule has 0 aliphatic heterocycles. The number of furan rings is 1. The van der Waals surface area contributed by atoms with E-state index in [2.05, 4.69) is 137 Å². The van der Waals surface area contributed by atoms with Crippen molar-refractivity contribution in [3.63, 3.8) is 0 Å². The number of hydrogen-bond acceptors (Lipinski definition) is 2. The molecule has 0 saturated heterocycles. The predicted molar refractivity (Wildman–Crippen MR) is 186 cm³/mol. The molecule has 0 spiro atoms. The molecule has 0 amide bonds. The Hall–Kier alpha value is -6.13. The maximum Gasteiger partial charge on any atom is 0.145 e. The van der Waals surface area contributed by atoms with E-state index in [4.69, 9.17) is 9.40 Å². The molecule has 10 aromatic rings. The summed E-state index contributed by atoms with van der Waals surface area (Å²) < 4.78 is 10.9. The smallest absolute Gasteiger partial charge is 0.145 e. The van der Waals surface area contributed by atoms with E-state index in [9.17, 15) is 0 Å². The Morgan fingerprint density at radius 1 is 0.400 bits per heavy atom. The molecule has 45 heavy (non-hydrogen) atoms. The first-order valence-electron chi connectivity index (χ1n) is 15.2. The van der Waals surface area contributed by atoms with E-state index in [1.54, 1.807) is 0 Å². The summed E-state index contributed by atoms with van der Waals surface area (Å²) in [6.45, 7) is 0. The second kappa shape index (κ2) is 9.18. The zero-order chi connectivity index (χ0) is 29.5. The summed E-state index contributed by atoms with van der Waals surface area (Å²) in [5, 5.41) is 7.06. The molecule has 0 bridgehead atoms. The lowest BCUT2D eigenvalue weighted by Gasteiger charge is -2.12. The lowest BCUT2D eigenvalue weighted by atomic mass is 10.0. The van der Waals surface area contributed by atoms with E-state index in [1.807, 2.05) is 24.4 Å². The van der Waals surface area contributed by atoms with Crippen LogP contribution in [0.15, 0.2) is 156 Å². The van der Waals surface area contributed by atoms with Gasteiger partial charge in [-0.05, 0) is 71.8 Å². The second-order valence-electron chi connectivity index (χ2n) is 11.6. The van der Waals surface area contributed by atoms with Gasteiger partial charge in [-0.3, -0.25) is 4.57 Å². The van der Waals surface area contributed by atoms with Gasteiger partial charge in [-0.2, -0.15) is 0 Å². The summed E-state index contributed by atoms with van der Waals surface area (Å²) in [4.78, 5) is 4.87. The standard InChI is InChI=1S/C41H25N3O/c1-4-18-36-30(14-1)31-15-2-5-19-37(31)43(36)28-12-7-10-26(22-28)27-11-8-13-29(23-27)44-38-25-40-35(32-16-3-6-20-39(32)45-40)24-34(38)33-17-9-21-42-41(33)44/h1-25H. The highest BCUT2D eigenvalue weighted by molar-refractivity contribution is 6.16. The molecule has 0 radical (unpaired) electrons. The fraction of sp³-hybridized carbons (Fsp3) is 0. The molecular formula is C41H25N3O. The van der Waals surface area contributed by atoms with Gasteiger partial charge in [0.15, 0.2) is 0 Å². The fourth-order valence-corrected chi connectivity index (χ4v) is 7.17. The Morgan fingerprint density at radius 3 is 1.76 bits per heavy atom. The first kappa shape index (κ1) is 24.3. The molecule has 0 aliphatic carbocycles. The van der Waals surface area contributed by atoms with Crippen LogP contribution in [0.25, 0.3) is 88.2 Å². The van der Waals surface area contributed by atoms with Gasteiger partial charge < -0.3 is 8.98 Å². The third kappa shape index (κ3) is 3.51. The SMILES string of the molecule is c1cc(-c2cccc(-n3c4cc5oc6ccccc6c5cc4c4cccnc43)c2)cc(-n2c3ccccc3c3ccccc32)c1. The summed E-state index contributed by atoms with van der Waals surface area (Å²) >= 11 is 0. The summed E-state index contributed by atoms with van der Waals surface area (Å²) in [6.07, 6.45) is 1.87. The lowest BCUT2D eigenvalue weighted by Crippen LogP contribution is -1.96. The molecule has 0 saturated carbocycles. The van der Waals surface area contributed by atoms with Crippen molar-refractivity contribution in [3.8, 4) is 22.5 Å². The maximum atomic E-state index is 6.31. The molecule has 4 heteroatoms. The van der Waals surface area contributed by atoms with E-state index in [0.29, 0.717) is 0 Å². The van der Waals surface area contributed by atoms with Gasteiger partial charge in [-0.25, -0.2) is 4.98 Å². The van der Waals surface area contributed by atoms with E-state index >= 15 is 0 Å². The molecule has 0 N–H and O–H groups in total. The first-order valence-corrected chi connectivity index (χ1v) is 15.2. The summed E-state index contributed by atoms with van der Waals surface area (Å²) in [5.41, 5.74) is 10.7. The minimum Gasteiger partial charge on any atom is -0.456 e. The van der Waals surface area contributed by atoms with Gasteiger partial charge in [0.1, 0.15) is 16.8 Å². The maximum absolute atomic E-state index is 6.31. The predicted octanol–water partition coefficient (Wildman–Crippen LogP) is 10.8. The number of fused-ring (bicyclic) bond motifs is 9. The average Bonchev–Trinajstić information content (AvgIpc) is 3.74. The van der Waals surface area contributed by atoms with Crippen LogP contribution in [0, 0.1) is 0 Å². The van der Waals surface area contributed by atoms with Crippen molar-refractivity contribution in [2.75, 3.05) is 0 Å². The molecule has 0 fully saturated rings. The Bertz CT molecular complexity index is 2720. The number of hydrogen-bond donors (Lipinski definition) is 0. The van der Waals surface area contributed by atoms with Crippen LogP contribution in [0.3, 0.4) is 0 Å². The number of aromatic nitrogens is 3. The molecule has 0 unspecified atom stereocenters. The van der Waals surface area contributed by atoms with Crippen LogP contribution >= 0.6 is 0 Å². The van der Waals surface area contributed by atoms with Gasteiger partial charge in [-0.1, -0.05) is 78.9 Å². The zero-order valence-corrected chi connectivity index (χ0v) is 24.2. The van der Waals surface area contributed by atoms with E-state index in [1.165, 1.54) is 21.8 Å². The third-order valence-corrected chi connectivity index (χ3v) is 9.15. The molecule has 0 aliphatic rings. The minimum absolute atomic E-state index is 0.878. The van der Waals surface area contributed by atoms with Gasteiger partial charge in [0.25, 0.3) is 0 Å². The number of para-hydroxylation sites is 3. The van der Waals surface area contributed by atoms with Gasteiger partial charge in [0, 0.05) is 56.0 Å². The quantitative estimate of drug-likeness (QED) is 0.210. The number of rotatable bonds is 3. The van der Waals surface area contributed by atoms with Crippen LogP contribution in [0.1, 0.15) is 0 Å². The van der Waals surface area contributed by atoms with Crippen molar-refractivity contribution in [1.29, 1.82) is 0 Å². The van der Waals surface area contributed by atoms with Gasteiger partial charge in [0.05, 0.1) is 16.6 Å². The average molecular weight is 576 g/mol. The third-order valence-electron chi connectivity index (χ3n) is 9.15. The van der Waals surface area contributed by atoms with Crippen LogP contribution < -0.4 is 0 Å². The van der Waals surface area contributed by atoms with Gasteiger partial charge in [-0.15, -0.1) is 0 Å². The monoisotopic (exact) mass is 575 g/mol. The fourth-order valence-electron chi connectivity index (χ4n) is 7.17. The molecular weight excluding hydrogens is 550 g/mol. The zero-order valence-electron chi connectivity index (χ0n) is 24.2. The van der Waals surface area contributed by atoms with Crippen molar-refractivity contribution < 1.29 is 4.42 Å². The molecule has 6 aromatic carbocycles. The number of benzene rings is 6. The largest absolute Gasteiger partial charge is 0.456 e. The van der Waals surface area contributed by atoms with E-state index in [0.717, 1.165) is 66.4 Å². The Kier molecular flexibility index (Phi) is 4.96. The molecule has 10 rings (SSSR count). The van der Waals surface area contributed by atoms with Crippen molar-refractivity contribution in [3.05, 3.63) is 152 Å². The minimum atomic E-state index is 0.878. The molecule has 0 atom stereocenters. The van der Waals surface area contributed by atoms with Crippen LogP contribution in [0.2, 0.25) is 0 Å². The molecule has 4 nitrogen and oxygen atoms in total. The highest BCUT2D eigenvalue weighted by Crippen LogP contribution is 2.38. The van der Waals surface area contributed by atoms with Gasteiger partial charge in [0.2, 0.25) is 0 Å². The summed E-state index contributed by atoms with van der Waals surface area (Å²) in [7, 11) is 0. The highest BCUT2D eigenvalue weighted by atomic mass is 16.3. The van der Waals surface area contributed by atoms with Crippen molar-refractivity contribution in [2.24, 2.45) is 0 Å². The van der Waals surface area contributed by atoms with Crippen LogP contribution in [0.4, 0.5) is 0 Å². The van der Waals surface area contributed by atoms with Gasteiger partial charge >= 0.3 is 0 Å². The normalized spacial score (nSPS) is 12.0. The lowest BCUT2D eigenvalue weighted by molar-refractivity contribution is 0.669. The summed E-state index contributed by atoms with van der Waals surface area (Å²) in [6, 6.07) is 51.7. The number of nitrogens with zero attached hydrogens (tertiary/aromatic N) is 3. The van der Waals surface area contributed by atoms with Crippen molar-refractivity contribution in [1.82, 2.24) is 14.1 Å². The van der Waals surface area contributed by atoms with E-state index < -0.39 is 0 Å². The first-order chi connectivity index (χ1) is 22.3. The Morgan fingerprint density at radius 2 is 1.02 bits per heavy atom. The Balaban J connectivity index is 1.17. The van der Waals surface area contributed by atoms with Crippen LogP contribution in [-0.2, 0) is 0 Å². The van der Waals surface area contributed by atoms with Crippen LogP contribution in [0.5, 0.6) is 0 Å². The van der Waals surface area contributed by atoms with Crippen LogP contribution in [-0.4, -0.2) is 14.1 Å². The van der Waals surface area contributed by atoms with Crippen molar-refractivity contribution >= 4 is 65.7 Å². The molecule has 4 aromatic heterocycles. The summed E-state index contributed by atoms with van der Waals surface area (Å²) in [5.74, 6) is 0. The second-order valence-corrected chi connectivity index (χ2v) is 11.6. The molecule has 210 valence electrons. The Labute approximate surface area is 258 Å². The topological polar surface area (TPSA) is 35.9 Å². The highest BCUT2D eigenvalue weighted by Gasteiger charge is 2.18.